The molecule has 2 unspecified atom stereocenters. The Morgan fingerprint density at radius 2 is 1.34 bits per heavy atom. The largest absolute Gasteiger partial charge is 0.497 e. The molecular formula is C40H37Cl2N3O9S2. The first-order valence-corrected chi connectivity index (χ1v) is 20.9. The molecule has 0 bridgehead atoms. The predicted octanol–water partition coefficient (Wildman–Crippen LogP) is 7.59. The molecule has 1 amide bonds. The van der Waals surface area contributed by atoms with Gasteiger partial charge in [0.15, 0.2) is 6.04 Å². The number of hydrogen-bond acceptors (Lipinski definition) is 8. The zero-order valence-electron chi connectivity index (χ0n) is 30.2. The van der Waals surface area contributed by atoms with Crippen LogP contribution in [-0.4, -0.2) is 66.0 Å². The fraction of sp³-hybridized carbons (Fsp3) is 0.200. The van der Waals surface area contributed by atoms with Gasteiger partial charge in [-0.05, 0) is 85.1 Å². The van der Waals surface area contributed by atoms with Crippen molar-refractivity contribution < 1.29 is 41.0 Å². The van der Waals surface area contributed by atoms with Gasteiger partial charge in [-0.1, -0.05) is 77.8 Å². The minimum Gasteiger partial charge on any atom is -0.497 e. The number of benzene rings is 5. The number of methoxy groups -OCH3 is 2. The molecule has 56 heavy (non-hydrogen) atoms. The maximum Gasteiger partial charge on any atom is 0.332 e. The van der Waals surface area contributed by atoms with Crippen LogP contribution in [0.5, 0.6) is 11.5 Å². The second-order valence-corrected chi connectivity index (χ2v) is 17.2. The summed E-state index contributed by atoms with van der Waals surface area (Å²) in [6.45, 7) is -0.337. The third kappa shape index (κ3) is 8.01. The summed E-state index contributed by atoms with van der Waals surface area (Å²) in [6, 6.07) is 27.3. The van der Waals surface area contributed by atoms with Crippen LogP contribution >= 0.6 is 23.2 Å². The number of amides is 1. The van der Waals surface area contributed by atoms with E-state index in [1.54, 1.807) is 17.0 Å². The lowest BCUT2D eigenvalue weighted by Crippen LogP contribution is -2.44. The standard InChI is InChI=1S/C40H37Cl2N3O9S2/c1-53-28-18-21-30(22-19-28)55(49,50)45(36-16-9-7-14-33(36)42)39(40(47)48)31-25-29(54-2)20-23-37(31)56(51,52)44(35-15-8-6-13-32(35)41)26-38(46)43-24-10-17-34(43)27-11-4-3-5-12-27/h3-9,11-16,18-23,25,34,39H,10,17,24,26H2,1-2H3,(H,47,48). The van der Waals surface area contributed by atoms with E-state index in [1.165, 1.54) is 80.9 Å². The molecule has 1 heterocycles. The number of para-hydroxylation sites is 2. The van der Waals surface area contributed by atoms with E-state index in [9.17, 15) is 23.1 Å². The summed E-state index contributed by atoms with van der Waals surface area (Å²) in [5, 5.41) is 10.9. The number of hydrogen-bond donors (Lipinski definition) is 1. The second kappa shape index (κ2) is 16.8. The van der Waals surface area contributed by atoms with Gasteiger partial charge < -0.3 is 19.5 Å². The zero-order chi connectivity index (χ0) is 40.2. The van der Waals surface area contributed by atoms with Crippen LogP contribution in [-0.2, 0) is 29.6 Å². The fourth-order valence-electron chi connectivity index (χ4n) is 6.73. The van der Waals surface area contributed by atoms with Gasteiger partial charge in [-0.25, -0.2) is 25.9 Å². The lowest BCUT2D eigenvalue weighted by atomic mass is 10.0. The number of carboxylic acid groups (broad SMARTS) is 1. The van der Waals surface area contributed by atoms with E-state index in [4.69, 9.17) is 32.7 Å². The molecular weight excluding hydrogens is 801 g/mol. The van der Waals surface area contributed by atoms with Gasteiger partial charge in [0.25, 0.3) is 20.0 Å². The van der Waals surface area contributed by atoms with E-state index in [1.807, 2.05) is 30.3 Å². The summed E-state index contributed by atoms with van der Waals surface area (Å²) in [5.41, 5.74) is 0.0924. The Kier molecular flexibility index (Phi) is 12.1. The van der Waals surface area contributed by atoms with Crippen LogP contribution in [0, 0.1) is 0 Å². The first kappa shape index (κ1) is 40.4. The smallest absolute Gasteiger partial charge is 0.332 e. The number of aliphatic carboxylic acids is 1. The van der Waals surface area contributed by atoms with Crippen LogP contribution in [0.2, 0.25) is 10.0 Å². The molecule has 1 aliphatic heterocycles. The van der Waals surface area contributed by atoms with E-state index in [0.717, 1.165) is 22.0 Å². The number of nitrogens with zero attached hydrogens (tertiary/aromatic N) is 3. The van der Waals surface area contributed by atoms with Gasteiger partial charge in [0.05, 0.1) is 51.5 Å². The topological polar surface area (TPSA) is 151 Å². The van der Waals surface area contributed by atoms with E-state index < -0.39 is 55.0 Å². The first-order chi connectivity index (χ1) is 26.8. The van der Waals surface area contributed by atoms with Gasteiger partial charge in [0.1, 0.15) is 18.0 Å². The summed E-state index contributed by atoms with van der Waals surface area (Å²) in [7, 11) is -7.10. The Balaban J connectivity index is 1.54. The quantitative estimate of drug-likeness (QED) is 0.119. The third-order valence-electron chi connectivity index (χ3n) is 9.41. The van der Waals surface area contributed by atoms with Crippen molar-refractivity contribution in [3.8, 4) is 11.5 Å². The van der Waals surface area contributed by atoms with E-state index in [0.29, 0.717) is 29.4 Å². The number of carbonyl (C=O) groups is 2. The average Bonchev–Trinajstić information content (AvgIpc) is 3.70. The highest BCUT2D eigenvalue weighted by atomic mass is 35.5. The summed E-state index contributed by atoms with van der Waals surface area (Å²) in [4.78, 5) is 28.5. The number of carbonyl (C=O) groups excluding carboxylic acids is 1. The van der Waals surface area contributed by atoms with Crippen molar-refractivity contribution >= 4 is 66.5 Å². The lowest BCUT2D eigenvalue weighted by molar-refractivity contribution is -0.138. The molecule has 5 aromatic rings. The molecule has 16 heteroatoms. The van der Waals surface area contributed by atoms with Gasteiger partial charge in [0.2, 0.25) is 5.91 Å². The molecule has 292 valence electrons. The SMILES string of the molecule is COc1ccc(S(=O)(=O)N(c2ccccc2Cl)C(C(=O)O)c2cc(OC)ccc2S(=O)(=O)N(CC(=O)N2CCCC2c2ccccc2)c2ccccc2Cl)cc1. The number of ether oxygens (including phenoxy) is 2. The molecule has 1 aliphatic rings. The van der Waals surface area contributed by atoms with Gasteiger partial charge >= 0.3 is 5.97 Å². The second-order valence-electron chi connectivity index (χ2n) is 12.7. The molecule has 2 atom stereocenters. The molecule has 1 fully saturated rings. The number of rotatable bonds is 14. The Labute approximate surface area is 335 Å². The third-order valence-corrected chi connectivity index (χ3v) is 13.7. The molecule has 0 radical (unpaired) electrons. The normalized spacial score (nSPS) is 14.9. The zero-order valence-corrected chi connectivity index (χ0v) is 33.3. The molecule has 0 saturated carbocycles. The highest BCUT2D eigenvalue weighted by molar-refractivity contribution is 7.93. The van der Waals surface area contributed by atoms with Crippen molar-refractivity contribution in [2.24, 2.45) is 0 Å². The van der Waals surface area contributed by atoms with Crippen molar-refractivity contribution in [2.45, 2.75) is 34.7 Å². The minimum atomic E-state index is -4.95. The molecule has 1 saturated heterocycles. The van der Waals surface area contributed by atoms with Crippen LogP contribution in [0.4, 0.5) is 11.4 Å². The van der Waals surface area contributed by atoms with Crippen LogP contribution < -0.4 is 18.1 Å². The Bertz CT molecular complexity index is 2450. The molecule has 5 aromatic carbocycles. The van der Waals surface area contributed by atoms with Crippen molar-refractivity contribution in [3.05, 3.63) is 142 Å². The van der Waals surface area contributed by atoms with E-state index in [2.05, 4.69) is 0 Å². The average molecular weight is 839 g/mol. The van der Waals surface area contributed by atoms with Gasteiger partial charge in [0, 0.05) is 12.1 Å². The number of halogens is 2. The number of likely N-dealkylation sites (tertiary alicyclic amines) is 1. The van der Waals surface area contributed by atoms with Crippen molar-refractivity contribution in [1.82, 2.24) is 4.90 Å². The molecule has 1 N–H and O–H groups in total. The highest BCUT2D eigenvalue weighted by Gasteiger charge is 2.43. The number of sulfonamides is 2. The van der Waals surface area contributed by atoms with Gasteiger partial charge in [-0.2, -0.15) is 0 Å². The Morgan fingerprint density at radius 3 is 1.93 bits per heavy atom. The first-order valence-electron chi connectivity index (χ1n) is 17.2. The highest BCUT2D eigenvalue weighted by Crippen LogP contribution is 2.43. The van der Waals surface area contributed by atoms with Crippen molar-refractivity contribution in [2.75, 3.05) is 35.9 Å². The number of carboxylic acids is 1. The van der Waals surface area contributed by atoms with Crippen LogP contribution in [0.1, 0.15) is 36.1 Å². The fourth-order valence-corrected chi connectivity index (χ4v) is 10.5. The summed E-state index contributed by atoms with van der Waals surface area (Å²) in [5.74, 6) is -1.91. The van der Waals surface area contributed by atoms with E-state index in [-0.39, 0.29) is 38.1 Å². The predicted molar refractivity (Wildman–Crippen MR) is 214 cm³/mol. The maximum atomic E-state index is 15.2. The van der Waals surface area contributed by atoms with Crippen molar-refractivity contribution in [1.29, 1.82) is 0 Å². The lowest BCUT2D eigenvalue weighted by Gasteiger charge is -2.34. The van der Waals surface area contributed by atoms with Crippen molar-refractivity contribution in [3.63, 3.8) is 0 Å². The summed E-state index contributed by atoms with van der Waals surface area (Å²) in [6.07, 6.45) is 1.35. The Morgan fingerprint density at radius 1 is 0.768 bits per heavy atom. The van der Waals surface area contributed by atoms with Crippen LogP contribution in [0.15, 0.2) is 131 Å². The van der Waals surface area contributed by atoms with Crippen LogP contribution in [0.3, 0.4) is 0 Å². The summed E-state index contributed by atoms with van der Waals surface area (Å²) >= 11 is 13.2. The maximum absolute atomic E-state index is 15.2. The molecule has 12 nitrogen and oxygen atoms in total. The molecule has 6 rings (SSSR count). The number of anilines is 2. The summed E-state index contributed by atoms with van der Waals surface area (Å²) < 4.78 is 71.7. The van der Waals surface area contributed by atoms with Gasteiger partial charge in [-0.3, -0.25) is 9.10 Å². The monoisotopic (exact) mass is 837 g/mol. The molecule has 0 aliphatic carbocycles. The van der Waals surface area contributed by atoms with Gasteiger partial charge in [-0.15, -0.1) is 0 Å². The van der Waals surface area contributed by atoms with Crippen LogP contribution in [0.25, 0.3) is 0 Å². The van der Waals surface area contributed by atoms with E-state index >= 15 is 8.42 Å². The molecule has 0 spiro atoms. The Hall–Kier alpha value is -5.28. The minimum absolute atomic E-state index is 0.00506. The molecule has 0 aromatic heterocycles.